The largest absolute Gasteiger partial charge is 0.355 e. The molecule has 144 valence electrons. The van der Waals surface area contributed by atoms with Crippen LogP contribution >= 0.6 is 0 Å². The molecule has 1 aliphatic rings. The third kappa shape index (κ3) is 6.68. The average molecular weight is 368 g/mol. The number of amides is 2. The summed E-state index contributed by atoms with van der Waals surface area (Å²) < 4.78 is 26.1. The number of piperazine rings is 1. The van der Waals surface area contributed by atoms with E-state index in [0.717, 1.165) is 25.0 Å². The molecule has 6 nitrogen and oxygen atoms in total. The number of hydrogen-bond donors (Lipinski definition) is 2. The van der Waals surface area contributed by atoms with Crippen LogP contribution < -0.4 is 10.6 Å². The van der Waals surface area contributed by atoms with E-state index in [9.17, 15) is 18.4 Å². The summed E-state index contributed by atoms with van der Waals surface area (Å²) in [5, 5.41) is 5.46. The predicted molar refractivity (Wildman–Crippen MR) is 95.8 cm³/mol. The Morgan fingerprint density at radius 2 is 1.62 bits per heavy atom. The van der Waals surface area contributed by atoms with Gasteiger partial charge in [-0.1, -0.05) is 13.3 Å². The third-order valence-electron chi connectivity index (χ3n) is 4.26. The van der Waals surface area contributed by atoms with E-state index in [-0.39, 0.29) is 24.0 Å². The van der Waals surface area contributed by atoms with Gasteiger partial charge in [0.25, 0.3) is 0 Å². The quantitative estimate of drug-likeness (QED) is 0.682. The summed E-state index contributed by atoms with van der Waals surface area (Å²) in [5.41, 5.74) is 0.233. The first kappa shape index (κ1) is 20.3. The van der Waals surface area contributed by atoms with Crippen molar-refractivity contribution in [2.24, 2.45) is 0 Å². The highest BCUT2D eigenvalue weighted by atomic mass is 19.2. The highest BCUT2D eigenvalue weighted by Crippen LogP contribution is 2.13. The fourth-order valence-corrected chi connectivity index (χ4v) is 2.75. The van der Waals surface area contributed by atoms with Crippen LogP contribution in [-0.2, 0) is 9.59 Å². The molecule has 1 heterocycles. The highest BCUT2D eigenvalue weighted by molar-refractivity contribution is 5.92. The van der Waals surface area contributed by atoms with Gasteiger partial charge in [-0.25, -0.2) is 8.78 Å². The van der Waals surface area contributed by atoms with Crippen LogP contribution in [0.4, 0.5) is 14.5 Å². The van der Waals surface area contributed by atoms with Crippen molar-refractivity contribution < 1.29 is 18.4 Å². The molecule has 1 fully saturated rings. The first-order valence-corrected chi connectivity index (χ1v) is 8.94. The topological polar surface area (TPSA) is 64.7 Å². The first-order valence-electron chi connectivity index (χ1n) is 8.94. The van der Waals surface area contributed by atoms with Crippen LogP contribution in [0.15, 0.2) is 18.2 Å². The lowest BCUT2D eigenvalue weighted by molar-refractivity contribution is -0.123. The SMILES string of the molecule is CCCCNC(=O)CN1CCN(CC(=O)Nc2ccc(F)c(F)c2)CC1. The molecule has 0 atom stereocenters. The molecule has 1 aromatic carbocycles. The molecule has 26 heavy (non-hydrogen) atoms. The Balaban J connectivity index is 1.68. The fraction of sp³-hybridized carbons (Fsp3) is 0.556. The minimum Gasteiger partial charge on any atom is -0.355 e. The molecule has 0 radical (unpaired) electrons. The van der Waals surface area contributed by atoms with Gasteiger partial charge in [0.15, 0.2) is 11.6 Å². The van der Waals surface area contributed by atoms with Gasteiger partial charge in [-0.2, -0.15) is 0 Å². The van der Waals surface area contributed by atoms with Crippen LogP contribution in [0.25, 0.3) is 0 Å². The number of hydrogen-bond acceptors (Lipinski definition) is 4. The maximum absolute atomic E-state index is 13.2. The van der Waals surface area contributed by atoms with Crippen LogP contribution in [0.5, 0.6) is 0 Å². The zero-order chi connectivity index (χ0) is 18.9. The van der Waals surface area contributed by atoms with Crippen molar-refractivity contribution in [1.82, 2.24) is 15.1 Å². The highest BCUT2D eigenvalue weighted by Gasteiger charge is 2.20. The second-order valence-corrected chi connectivity index (χ2v) is 6.43. The van der Waals surface area contributed by atoms with E-state index in [1.807, 2.05) is 4.90 Å². The smallest absolute Gasteiger partial charge is 0.238 e. The van der Waals surface area contributed by atoms with Gasteiger partial charge in [0.05, 0.1) is 13.1 Å². The number of anilines is 1. The summed E-state index contributed by atoms with van der Waals surface area (Å²) in [4.78, 5) is 27.9. The zero-order valence-corrected chi connectivity index (χ0v) is 15.1. The molecule has 8 heteroatoms. The lowest BCUT2D eigenvalue weighted by Gasteiger charge is -2.33. The van der Waals surface area contributed by atoms with E-state index < -0.39 is 11.6 Å². The second kappa shape index (κ2) is 10.2. The summed E-state index contributed by atoms with van der Waals surface area (Å²) in [7, 11) is 0. The normalized spacial score (nSPS) is 15.7. The molecule has 0 saturated carbocycles. The Morgan fingerprint density at radius 1 is 1.00 bits per heavy atom. The molecule has 0 aliphatic carbocycles. The van der Waals surface area contributed by atoms with Gasteiger partial charge in [0.1, 0.15) is 0 Å². The Labute approximate surface area is 152 Å². The van der Waals surface area contributed by atoms with Crippen molar-refractivity contribution in [3.8, 4) is 0 Å². The molecule has 1 saturated heterocycles. The average Bonchev–Trinajstić information content (AvgIpc) is 2.60. The standard InChI is InChI=1S/C18H26F2N4O2/c1-2-3-6-21-17(25)12-23-7-9-24(10-8-23)13-18(26)22-14-4-5-15(19)16(20)11-14/h4-5,11H,2-3,6-10,12-13H2,1H3,(H,21,25)(H,22,26). The van der Waals surface area contributed by atoms with Gasteiger partial charge in [0, 0.05) is 44.5 Å². The molecule has 0 spiro atoms. The summed E-state index contributed by atoms with van der Waals surface area (Å²) in [6.07, 6.45) is 2.03. The number of halogens is 2. The number of nitrogens with zero attached hydrogens (tertiary/aromatic N) is 2. The van der Waals surface area contributed by atoms with Crippen molar-refractivity contribution in [3.05, 3.63) is 29.8 Å². The van der Waals surface area contributed by atoms with E-state index in [0.29, 0.717) is 39.3 Å². The number of carbonyl (C=O) groups is 2. The van der Waals surface area contributed by atoms with Crippen molar-refractivity contribution >= 4 is 17.5 Å². The summed E-state index contributed by atoms with van der Waals surface area (Å²) >= 11 is 0. The van der Waals surface area contributed by atoms with Crippen LogP contribution in [0, 0.1) is 11.6 Å². The van der Waals surface area contributed by atoms with Crippen molar-refractivity contribution in [3.63, 3.8) is 0 Å². The maximum atomic E-state index is 13.2. The molecule has 2 amide bonds. The van der Waals surface area contributed by atoms with Gasteiger partial charge in [-0.15, -0.1) is 0 Å². The van der Waals surface area contributed by atoms with Crippen LogP contribution in [0.3, 0.4) is 0 Å². The molecular weight excluding hydrogens is 342 g/mol. The third-order valence-corrected chi connectivity index (χ3v) is 4.26. The molecule has 0 aromatic heterocycles. The Bertz CT molecular complexity index is 619. The van der Waals surface area contributed by atoms with Gasteiger partial charge in [-0.05, 0) is 18.6 Å². The van der Waals surface area contributed by atoms with E-state index in [1.54, 1.807) is 0 Å². The van der Waals surface area contributed by atoms with Gasteiger partial charge >= 0.3 is 0 Å². The van der Waals surface area contributed by atoms with Crippen molar-refractivity contribution in [1.29, 1.82) is 0 Å². The molecular formula is C18H26F2N4O2. The number of unbranched alkanes of at least 4 members (excludes halogenated alkanes) is 1. The van der Waals surface area contributed by atoms with Crippen molar-refractivity contribution in [2.45, 2.75) is 19.8 Å². The molecule has 2 rings (SSSR count). The molecule has 1 aromatic rings. The molecule has 0 bridgehead atoms. The Kier molecular flexibility index (Phi) is 7.93. The first-order chi connectivity index (χ1) is 12.5. The number of benzene rings is 1. The zero-order valence-electron chi connectivity index (χ0n) is 15.1. The summed E-state index contributed by atoms with van der Waals surface area (Å²) in [6.45, 7) is 6.10. The minimum atomic E-state index is -0.992. The monoisotopic (exact) mass is 368 g/mol. The molecule has 0 unspecified atom stereocenters. The number of rotatable bonds is 8. The Hall–Kier alpha value is -2.06. The summed E-state index contributed by atoms with van der Waals surface area (Å²) in [6, 6.07) is 3.27. The van der Waals surface area contributed by atoms with Crippen LogP contribution in [-0.4, -0.2) is 67.4 Å². The van der Waals surface area contributed by atoms with Crippen molar-refractivity contribution in [2.75, 3.05) is 51.1 Å². The second-order valence-electron chi connectivity index (χ2n) is 6.43. The molecule has 1 aliphatic heterocycles. The predicted octanol–water partition coefficient (Wildman–Crippen LogP) is 1.44. The van der Waals surface area contributed by atoms with E-state index in [2.05, 4.69) is 22.5 Å². The number of carbonyl (C=O) groups excluding carboxylic acids is 2. The lowest BCUT2D eigenvalue weighted by Crippen LogP contribution is -2.51. The minimum absolute atomic E-state index is 0.0305. The van der Waals surface area contributed by atoms with Gasteiger partial charge in [0.2, 0.25) is 11.8 Å². The molecule has 2 N–H and O–H groups in total. The Morgan fingerprint density at radius 3 is 2.19 bits per heavy atom. The van der Waals surface area contributed by atoms with Crippen LogP contribution in [0.2, 0.25) is 0 Å². The van der Waals surface area contributed by atoms with Crippen LogP contribution in [0.1, 0.15) is 19.8 Å². The lowest BCUT2D eigenvalue weighted by atomic mass is 10.2. The maximum Gasteiger partial charge on any atom is 0.238 e. The van der Waals surface area contributed by atoms with E-state index >= 15 is 0 Å². The summed E-state index contributed by atoms with van der Waals surface area (Å²) in [5.74, 6) is -2.18. The number of nitrogens with one attached hydrogen (secondary N) is 2. The van der Waals surface area contributed by atoms with E-state index in [1.165, 1.54) is 6.07 Å². The van der Waals surface area contributed by atoms with Gasteiger partial charge in [-0.3, -0.25) is 19.4 Å². The fourth-order valence-electron chi connectivity index (χ4n) is 2.75. The van der Waals surface area contributed by atoms with E-state index in [4.69, 9.17) is 0 Å². The van der Waals surface area contributed by atoms with Gasteiger partial charge < -0.3 is 10.6 Å².